The Hall–Kier alpha value is -5.89. The van der Waals surface area contributed by atoms with Crippen LogP contribution in [0.5, 0.6) is 11.5 Å². The van der Waals surface area contributed by atoms with Gasteiger partial charge in [-0.05, 0) is 59.9 Å². The van der Waals surface area contributed by atoms with Gasteiger partial charge in [0.2, 0.25) is 17.7 Å². The van der Waals surface area contributed by atoms with Crippen LogP contribution in [0.4, 0.5) is 0 Å². The van der Waals surface area contributed by atoms with Crippen molar-refractivity contribution in [3.63, 3.8) is 0 Å². The number of nitrogens with one attached hydrogen (secondary N) is 4. The van der Waals surface area contributed by atoms with Crippen LogP contribution in [-0.2, 0) is 43.2 Å². The number of para-hydroxylation sites is 1. The quantitative estimate of drug-likeness (QED) is 0.0835. The lowest BCUT2D eigenvalue weighted by atomic mass is 10.0. The van der Waals surface area contributed by atoms with Gasteiger partial charge in [0.15, 0.2) is 0 Å². The number of fused-ring (bicyclic) bond motifs is 1. The Labute approximate surface area is 275 Å². The van der Waals surface area contributed by atoms with Crippen molar-refractivity contribution in [1.82, 2.24) is 20.9 Å². The SMILES string of the molecule is NC(Cc1ccc(O)cc1)C(=O)NC(Cc1ccc(O)cc1)C(=O)NC(Cc1c[nH]c2ccccc12)C(=O)NC(CCC(=O)O)C(=O)O. The number of carbonyl (C=O) groups excluding carboxylic acids is 3. The average Bonchev–Trinajstić information content (AvgIpc) is 3.46. The number of nitrogens with two attached hydrogens (primary N) is 1. The van der Waals surface area contributed by atoms with Crippen molar-refractivity contribution < 1.29 is 44.4 Å². The number of hydrogen-bond donors (Lipinski definition) is 9. The fourth-order valence-electron chi connectivity index (χ4n) is 5.13. The second-order valence-corrected chi connectivity index (χ2v) is 11.4. The highest BCUT2D eigenvalue weighted by Crippen LogP contribution is 2.20. The number of carbonyl (C=O) groups is 5. The van der Waals surface area contributed by atoms with Gasteiger partial charge in [0, 0.05) is 36.4 Å². The van der Waals surface area contributed by atoms with Crippen LogP contribution >= 0.6 is 0 Å². The van der Waals surface area contributed by atoms with Crippen LogP contribution in [0.15, 0.2) is 79.0 Å². The minimum absolute atomic E-state index is 0.00828. The highest BCUT2D eigenvalue weighted by atomic mass is 16.4. The Balaban J connectivity index is 1.59. The van der Waals surface area contributed by atoms with E-state index in [2.05, 4.69) is 20.9 Å². The number of aromatic hydroxyl groups is 2. The molecule has 1 heterocycles. The van der Waals surface area contributed by atoms with Crippen molar-refractivity contribution in [3.05, 3.63) is 95.7 Å². The Morgan fingerprint density at radius 2 is 1.19 bits per heavy atom. The minimum Gasteiger partial charge on any atom is -0.508 e. The molecule has 0 bridgehead atoms. The predicted molar refractivity (Wildman–Crippen MR) is 174 cm³/mol. The molecule has 0 aliphatic carbocycles. The Morgan fingerprint density at radius 3 is 1.77 bits per heavy atom. The molecule has 0 aliphatic rings. The molecular formula is C34H37N5O9. The van der Waals surface area contributed by atoms with E-state index >= 15 is 0 Å². The number of aromatic nitrogens is 1. The number of phenolic OH excluding ortho intramolecular Hbond substituents is 2. The molecule has 4 unspecified atom stereocenters. The predicted octanol–water partition coefficient (Wildman–Crippen LogP) is 1.34. The lowest BCUT2D eigenvalue weighted by Gasteiger charge is -2.25. The van der Waals surface area contributed by atoms with Gasteiger partial charge in [-0.3, -0.25) is 19.2 Å². The summed E-state index contributed by atoms with van der Waals surface area (Å²) in [5.41, 5.74) is 8.81. The summed E-state index contributed by atoms with van der Waals surface area (Å²) in [6, 6.07) is 14.1. The summed E-state index contributed by atoms with van der Waals surface area (Å²) < 4.78 is 0. The van der Waals surface area contributed by atoms with Crippen molar-refractivity contribution in [1.29, 1.82) is 0 Å². The number of carboxylic acid groups (broad SMARTS) is 2. The Kier molecular flexibility index (Phi) is 11.7. The van der Waals surface area contributed by atoms with Crippen LogP contribution in [0.3, 0.4) is 0 Å². The summed E-state index contributed by atoms with van der Waals surface area (Å²) in [5.74, 6) is -4.95. The number of aliphatic carboxylic acids is 2. The standard InChI is InChI=1S/C34H37N5O9/c35-25(15-19-5-9-22(40)10-6-19)31(44)38-28(16-20-7-11-23(41)12-8-20)32(45)39-29(17-21-18-36-26-4-2-1-3-24(21)26)33(46)37-27(34(47)48)13-14-30(42)43/h1-12,18,25,27-29,36,40-41H,13-17,35H2,(H,37,46)(H,38,44)(H,39,45)(H,42,43)(H,47,48). The molecule has 0 radical (unpaired) electrons. The second kappa shape index (κ2) is 16.1. The first kappa shape index (κ1) is 35.0. The van der Waals surface area contributed by atoms with E-state index < -0.39 is 60.2 Å². The van der Waals surface area contributed by atoms with Crippen molar-refractivity contribution >= 4 is 40.6 Å². The maximum absolute atomic E-state index is 13.9. The number of H-pyrrole nitrogens is 1. The summed E-state index contributed by atoms with van der Waals surface area (Å²) in [6.07, 6.45) is 0.728. The van der Waals surface area contributed by atoms with Gasteiger partial charge in [0.25, 0.3) is 0 Å². The van der Waals surface area contributed by atoms with Crippen LogP contribution in [0.1, 0.15) is 29.5 Å². The van der Waals surface area contributed by atoms with Crippen LogP contribution in [-0.4, -0.2) is 79.2 Å². The lowest BCUT2D eigenvalue weighted by molar-refractivity contribution is -0.143. The average molecular weight is 660 g/mol. The molecule has 4 rings (SSSR count). The molecule has 0 saturated heterocycles. The molecular weight excluding hydrogens is 622 g/mol. The van der Waals surface area contributed by atoms with Crippen LogP contribution < -0.4 is 21.7 Å². The topological polar surface area (TPSA) is 244 Å². The number of benzene rings is 3. The summed E-state index contributed by atoms with van der Waals surface area (Å²) in [6.45, 7) is 0. The van der Waals surface area contributed by atoms with E-state index in [0.29, 0.717) is 16.7 Å². The molecule has 0 aliphatic heterocycles. The van der Waals surface area contributed by atoms with Crippen LogP contribution in [0.2, 0.25) is 0 Å². The van der Waals surface area contributed by atoms with E-state index in [0.717, 1.165) is 10.9 Å². The first-order chi connectivity index (χ1) is 22.9. The molecule has 14 heteroatoms. The highest BCUT2D eigenvalue weighted by molar-refractivity contribution is 5.95. The smallest absolute Gasteiger partial charge is 0.326 e. The zero-order valence-corrected chi connectivity index (χ0v) is 25.8. The summed E-state index contributed by atoms with van der Waals surface area (Å²) in [7, 11) is 0. The highest BCUT2D eigenvalue weighted by Gasteiger charge is 2.31. The molecule has 3 aromatic carbocycles. The zero-order chi connectivity index (χ0) is 34.8. The summed E-state index contributed by atoms with van der Waals surface area (Å²) in [4.78, 5) is 66.7. The molecule has 10 N–H and O–H groups in total. The van der Waals surface area contributed by atoms with Gasteiger partial charge in [-0.25, -0.2) is 4.79 Å². The molecule has 48 heavy (non-hydrogen) atoms. The van der Waals surface area contributed by atoms with Crippen molar-refractivity contribution in [2.75, 3.05) is 0 Å². The first-order valence-corrected chi connectivity index (χ1v) is 15.1. The number of aromatic amines is 1. The minimum atomic E-state index is -1.54. The van der Waals surface area contributed by atoms with E-state index in [1.807, 2.05) is 18.2 Å². The van der Waals surface area contributed by atoms with E-state index in [1.165, 1.54) is 24.3 Å². The van der Waals surface area contributed by atoms with Crippen LogP contribution in [0, 0.1) is 0 Å². The molecule has 0 fully saturated rings. The molecule has 0 saturated carbocycles. The van der Waals surface area contributed by atoms with E-state index in [9.17, 15) is 39.3 Å². The summed E-state index contributed by atoms with van der Waals surface area (Å²) in [5, 5.41) is 46.4. The lowest BCUT2D eigenvalue weighted by Crippen LogP contribution is -2.58. The largest absolute Gasteiger partial charge is 0.508 e. The number of amides is 3. The Bertz CT molecular complexity index is 1750. The molecule has 0 spiro atoms. The van der Waals surface area contributed by atoms with Gasteiger partial charge in [-0.1, -0.05) is 42.5 Å². The second-order valence-electron chi connectivity index (χ2n) is 11.4. The molecule has 4 atom stereocenters. The van der Waals surface area contributed by atoms with Crippen molar-refractivity contribution in [3.8, 4) is 11.5 Å². The number of rotatable bonds is 16. The molecule has 252 valence electrons. The van der Waals surface area contributed by atoms with E-state index in [4.69, 9.17) is 10.8 Å². The third kappa shape index (κ3) is 9.80. The Morgan fingerprint density at radius 1 is 0.667 bits per heavy atom. The third-order valence-corrected chi connectivity index (χ3v) is 7.73. The zero-order valence-electron chi connectivity index (χ0n) is 25.8. The molecule has 1 aromatic heterocycles. The van der Waals surface area contributed by atoms with E-state index in [-0.39, 0.29) is 37.2 Å². The maximum Gasteiger partial charge on any atom is 0.326 e. The molecule has 3 amide bonds. The monoisotopic (exact) mass is 659 g/mol. The first-order valence-electron chi connectivity index (χ1n) is 15.1. The summed E-state index contributed by atoms with van der Waals surface area (Å²) >= 11 is 0. The fourth-order valence-corrected chi connectivity index (χ4v) is 5.13. The molecule has 4 aromatic rings. The molecule has 14 nitrogen and oxygen atoms in total. The van der Waals surface area contributed by atoms with Gasteiger partial charge in [-0.2, -0.15) is 0 Å². The van der Waals surface area contributed by atoms with E-state index in [1.54, 1.807) is 36.5 Å². The number of carboxylic acids is 2. The van der Waals surface area contributed by atoms with Gasteiger partial charge < -0.3 is 47.1 Å². The van der Waals surface area contributed by atoms with Gasteiger partial charge >= 0.3 is 11.9 Å². The van der Waals surface area contributed by atoms with Crippen LogP contribution in [0.25, 0.3) is 10.9 Å². The third-order valence-electron chi connectivity index (χ3n) is 7.73. The number of phenols is 2. The number of hydrogen-bond acceptors (Lipinski definition) is 8. The fraction of sp³-hybridized carbons (Fsp3) is 0.265. The van der Waals surface area contributed by atoms with Gasteiger partial charge in [0.1, 0.15) is 29.6 Å². The van der Waals surface area contributed by atoms with Crippen molar-refractivity contribution in [2.24, 2.45) is 5.73 Å². The van der Waals surface area contributed by atoms with Crippen molar-refractivity contribution in [2.45, 2.75) is 56.3 Å². The van der Waals surface area contributed by atoms with Gasteiger partial charge in [0.05, 0.1) is 6.04 Å². The maximum atomic E-state index is 13.9. The van der Waals surface area contributed by atoms with Gasteiger partial charge in [-0.15, -0.1) is 0 Å². The normalized spacial score (nSPS) is 13.5.